The first-order chi connectivity index (χ1) is 16.5. The Morgan fingerprint density at radius 3 is 2.59 bits per heavy atom. The summed E-state index contributed by atoms with van der Waals surface area (Å²) in [6.07, 6.45) is 5.36. The van der Waals surface area contributed by atoms with Gasteiger partial charge in [0.15, 0.2) is 17.0 Å². The van der Waals surface area contributed by atoms with E-state index >= 15 is 0 Å². The van der Waals surface area contributed by atoms with E-state index in [1.54, 1.807) is 17.2 Å². The third-order valence-corrected chi connectivity index (χ3v) is 5.90. The number of fused-ring (bicyclic) bond motifs is 1. The molecule has 0 aliphatic carbocycles. The zero-order valence-corrected chi connectivity index (χ0v) is 18.9. The molecule has 170 valence electrons. The van der Waals surface area contributed by atoms with Gasteiger partial charge in [-0.1, -0.05) is 42.5 Å². The van der Waals surface area contributed by atoms with Crippen molar-refractivity contribution in [3.8, 4) is 5.69 Å². The van der Waals surface area contributed by atoms with Gasteiger partial charge in [-0.25, -0.2) is 15.0 Å². The van der Waals surface area contributed by atoms with Gasteiger partial charge in [0.05, 0.1) is 23.5 Å². The van der Waals surface area contributed by atoms with Crippen molar-refractivity contribution in [1.29, 1.82) is 0 Å². The first-order valence-corrected chi connectivity index (χ1v) is 10.9. The van der Waals surface area contributed by atoms with Gasteiger partial charge in [-0.15, -0.1) is 0 Å². The number of benzene rings is 2. The summed E-state index contributed by atoms with van der Waals surface area (Å²) in [5, 5.41) is 7.41. The maximum absolute atomic E-state index is 13.1. The van der Waals surface area contributed by atoms with E-state index in [9.17, 15) is 4.79 Å². The molecule has 2 aromatic carbocycles. The number of anilines is 1. The Morgan fingerprint density at radius 1 is 1.06 bits per heavy atom. The Hall–Kier alpha value is -4.53. The van der Waals surface area contributed by atoms with Gasteiger partial charge in [-0.2, -0.15) is 5.10 Å². The molecule has 0 aliphatic rings. The molecule has 5 rings (SSSR count). The molecule has 3 aromatic heterocycles. The Labute approximate surface area is 196 Å². The number of nitrogens with one attached hydrogen (secondary N) is 1. The lowest BCUT2D eigenvalue weighted by Gasteiger charge is -2.15. The van der Waals surface area contributed by atoms with Crippen LogP contribution < -0.4 is 11.1 Å². The minimum atomic E-state index is -0.191. The zero-order chi connectivity index (χ0) is 23.7. The van der Waals surface area contributed by atoms with Gasteiger partial charge in [0.1, 0.15) is 12.7 Å². The van der Waals surface area contributed by atoms with Crippen LogP contribution in [-0.4, -0.2) is 35.2 Å². The molecule has 5 aromatic rings. The number of carbonyl (C=O) groups is 1. The van der Waals surface area contributed by atoms with Crippen molar-refractivity contribution in [3.63, 3.8) is 0 Å². The fourth-order valence-corrected chi connectivity index (χ4v) is 3.97. The molecule has 0 spiro atoms. The van der Waals surface area contributed by atoms with Crippen molar-refractivity contribution in [1.82, 2.24) is 34.6 Å². The minimum absolute atomic E-state index is 0.150. The molecule has 1 amide bonds. The van der Waals surface area contributed by atoms with Gasteiger partial charge in [0.2, 0.25) is 0 Å². The van der Waals surface area contributed by atoms with Crippen molar-refractivity contribution in [2.45, 2.75) is 19.4 Å². The minimum Gasteiger partial charge on any atom is -0.382 e. The van der Waals surface area contributed by atoms with Crippen molar-refractivity contribution < 1.29 is 4.79 Å². The fraction of sp³-hybridized carbons (Fsp3) is 0.160. The number of nitrogens with zero attached hydrogens (tertiary/aromatic N) is 6. The van der Waals surface area contributed by atoms with Gasteiger partial charge in [-0.3, -0.25) is 14.0 Å². The molecule has 0 saturated heterocycles. The number of aromatic nitrogens is 6. The fourth-order valence-electron chi connectivity index (χ4n) is 3.97. The third-order valence-electron chi connectivity index (χ3n) is 5.90. The molecule has 0 radical (unpaired) electrons. The van der Waals surface area contributed by atoms with E-state index in [0.29, 0.717) is 29.0 Å². The second-order valence-electron chi connectivity index (χ2n) is 8.12. The van der Waals surface area contributed by atoms with Crippen LogP contribution in [0.5, 0.6) is 0 Å². The maximum atomic E-state index is 13.1. The summed E-state index contributed by atoms with van der Waals surface area (Å²) in [7, 11) is 1.86. The lowest BCUT2D eigenvalue weighted by molar-refractivity contribution is 0.0939. The van der Waals surface area contributed by atoms with Crippen LogP contribution in [0.4, 0.5) is 5.82 Å². The molecule has 9 heteroatoms. The summed E-state index contributed by atoms with van der Waals surface area (Å²) < 4.78 is 3.61. The molecule has 9 nitrogen and oxygen atoms in total. The molecule has 0 aliphatic heterocycles. The largest absolute Gasteiger partial charge is 0.382 e. The Balaban J connectivity index is 1.33. The Kier molecular flexibility index (Phi) is 5.51. The molecule has 34 heavy (non-hydrogen) atoms. The number of hydrogen-bond donors (Lipinski definition) is 2. The number of nitrogens with two attached hydrogens (primary N) is 1. The van der Waals surface area contributed by atoms with Crippen LogP contribution >= 0.6 is 0 Å². The van der Waals surface area contributed by atoms with Crippen LogP contribution in [0.15, 0.2) is 73.4 Å². The van der Waals surface area contributed by atoms with Gasteiger partial charge in [0.25, 0.3) is 5.91 Å². The monoisotopic (exact) mass is 452 g/mol. The van der Waals surface area contributed by atoms with Crippen molar-refractivity contribution in [2.75, 3.05) is 5.73 Å². The third kappa shape index (κ3) is 3.99. The molecular weight excluding hydrogens is 428 g/mol. The first kappa shape index (κ1) is 21.3. The average molecular weight is 453 g/mol. The van der Waals surface area contributed by atoms with Crippen LogP contribution in [0.2, 0.25) is 0 Å². The van der Waals surface area contributed by atoms with E-state index in [1.807, 2.05) is 73.1 Å². The lowest BCUT2D eigenvalue weighted by atomic mass is 10.0. The predicted octanol–water partition coefficient (Wildman–Crippen LogP) is 3.21. The molecule has 0 bridgehead atoms. The summed E-state index contributed by atoms with van der Waals surface area (Å²) in [6, 6.07) is 17.7. The maximum Gasteiger partial charge on any atom is 0.255 e. The second-order valence-corrected chi connectivity index (χ2v) is 8.12. The molecule has 0 fully saturated rings. The summed E-state index contributed by atoms with van der Waals surface area (Å²) in [4.78, 5) is 25.7. The lowest BCUT2D eigenvalue weighted by Crippen LogP contribution is -2.27. The van der Waals surface area contributed by atoms with Gasteiger partial charge in [-0.05, 0) is 30.2 Å². The number of imidazole rings is 1. The van der Waals surface area contributed by atoms with E-state index in [0.717, 1.165) is 22.5 Å². The second kappa shape index (κ2) is 8.78. The highest BCUT2D eigenvalue weighted by molar-refractivity contribution is 5.95. The number of amides is 1. The predicted molar refractivity (Wildman–Crippen MR) is 129 cm³/mol. The molecule has 3 N–H and O–H groups in total. The topological polar surface area (TPSA) is 117 Å². The smallest absolute Gasteiger partial charge is 0.255 e. The Morgan fingerprint density at radius 2 is 1.82 bits per heavy atom. The highest BCUT2D eigenvalue weighted by Crippen LogP contribution is 2.22. The van der Waals surface area contributed by atoms with Crippen LogP contribution in [0.25, 0.3) is 16.9 Å². The van der Waals surface area contributed by atoms with E-state index in [2.05, 4.69) is 25.4 Å². The van der Waals surface area contributed by atoms with Crippen molar-refractivity contribution in [3.05, 3.63) is 95.8 Å². The van der Waals surface area contributed by atoms with Gasteiger partial charge < -0.3 is 11.1 Å². The van der Waals surface area contributed by atoms with Crippen molar-refractivity contribution >= 4 is 22.9 Å². The van der Waals surface area contributed by atoms with Crippen LogP contribution in [0.1, 0.15) is 40.1 Å². The summed E-state index contributed by atoms with van der Waals surface area (Å²) >= 11 is 0. The van der Waals surface area contributed by atoms with E-state index in [4.69, 9.17) is 5.73 Å². The number of aryl methyl sites for hydroxylation is 1. The zero-order valence-electron chi connectivity index (χ0n) is 18.9. The summed E-state index contributed by atoms with van der Waals surface area (Å²) in [5.74, 6) is 0.196. The average Bonchev–Trinajstić information content (AvgIpc) is 3.45. The normalized spacial score (nSPS) is 12.1. The first-order valence-electron chi connectivity index (χ1n) is 10.9. The quantitative estimate of drug-likeness (QED) is 0.409. The van der Waals surface area contributed by atoms with Crippen LogP contribution in [0.3, 0.4) is 0 Å². The van der Waals surface area contributed by atoms with Gasteiger partial charge >= 0.3 is 0 Å². The molecule has 1 atom stereocenters. The number of nitrogen functional groups attached to an aromatic ring is 1. The van der Waals surface area contributed by atoms with E-state index in [-0.39, 0.29) is 11.9 Å². The standard InChI is InChI=1S/C25H24N8O/c1-16(31-25(34)20-13-30-32(2)21(20)12-17-6-4-3-5-7-17)18-8-10-19(11-9-18)33-15-29-22-23(26)27-14-28-24(22)33/h3-11,13-16H,12H2,1-2H3,(H,31,34)(H2,26,27,28)/t16-/m0/s1. The Bertz CT molecular complexity index is 1450. The number of carbonyl (C=O) groups excluding carboxylic acids is 1. The summed E-state index contributed by atoms with van der Waals surface area (Å²) in [5.41, 5.74) is 11.5. The molecular formula is C25H24N8O. The van der Waals surface area contributed by atoms with Crippen LogP contribution in [-0.2, 0) is 13.5 Å². The molecule has 0 saturated carbocycles. The molecule has 3 heterocycles. The van der Waals surface area contributed by atoms with E-state index < -0.39 is 0 Å². The van der Waals surface area contributed by atoms with Crippen molar-refractivity contribution in [2.24, 2.45) is 7.05 Å². The number of rotatable bonds is 6. The SMILES string of the molecule is C[C@H](NC(=O)c1cnn(C)c1Cc1ccccc1)c1ccc(-n2cnc3c(N)ncnc32)cc1. The molecule has 0 unspecified atom stereocenters. The van der Waals surface area contributed by atoms with E-state index in [1.165, 1.54) is 6.33 Å². The summed E-state index contributed by atoms with van der Waals surface area (Å²) in [6.45, 7) is 1.96. The number of hydrogen-bond acceptors (Lipinski definition) is 6. The highest BCUT2D eigenvalue weighted by atomic mass is 16.1. The highest BCUT2D eigenvalue weighted by Gasteiger charge is 2.19. The van der Waals surface area contributed by atoms with Gasteiger partial charge in [0, 0.05) is 19.2 Å². The van der Waals surface area contributed by atoms with Crippen LogP contribution in [0, 0.1) is 0 Å².